The van der Waals surface area contributed by atoms with Gasteiger partial charge in [0, 0.05) is 18.5 Å². The second kappa shape index (κ2) is 8.01. The van der Waals surface area contributed by atoms with Gasteiger partial charge in [0.15, 0.2) is 6.23 Å². The molecule has 1 aliphatic heterocycles. The highest BCUT2D eigenvalue weighted by molar-refractivity contribution is 7.15. The molecule has 3 aromatic rings. The van der Waals surface area contributed by atoms with E-state index in [-0.39, 0.29) is 6.54 Å². The van der Waals surface area contributed by atoms with E-state index in [9.17, 15) is 24.9 Å². The van der Waals surface area contributed by atoms with Gasteiger partial charge in [0.25, 0.3) is 5.56 Å². The average molecular weight is 417 g/mol. The average Bonchev–Trinajstić information content (AvgIpc) is 3.31. The number of aromatic nitrogens is 3. The van der Waals surface area contributed by atoms with E-state index in [1.54, 1.807) is 6.20 Å². The molecule has 3 N–H and O–H groups in total. The molecule has 1 saturated heterocycles. The Labute approximate surface area is 168 Å². The molecule has 0 saturated carbocycles. The maximum atomic E-state index is 12.9. The summed E-state index contributed by atoms with van der Waals surface area (Å²) in [5.41, 5.74) is -0.237. The van der Waals surface area contributed by atoms with Crippen molar-refractivity contribution in [1.82, 2.24) is 14.1 Å². The van der Waals surface area contributed by atoms with Crippen molar-refractivity contribution in [3.63, 3.8) is 0 Å². The Hall–Kier alpha value is -2.63. The zero-order valence-corrected chi connectivity index (χ0v) is 16.0. The van der Waals surface area contributed by atoms with Crippen molar-refractivity contribution >= 4 is 11.3 Å². The minimum atomic E-state index is -1.42. The predicted molar refractivity (Wildman–Crippen MR) is 105 cm³/mol. The summed E-state index contributed by atoms with van der Waals surface area (Å²) >= 11 is 1.37. The molecule has 0 radical (unpaired) electrons. The first-order chi connectivity index (χ1) is 14.0. The molecule has 10 heteroatoms. The molecule has 4 atom stereocenters. The SMILES string of the molecule is O=c1ccn([C@@H]2O[C@H](CO)C(O)[C@@H]2O)c(=O)n1Cc1ncc(-c2ccccc2)s1. The highest BCUT2D eigenvalue weighted by Gasteiger charge is 2.43. The van der Waals surface area contributed by atoms with Gasteiger partial charge < -0.3 is 20.1 Å². The van der Waals surface area contributed by atoms with Gasteiger partial charge in [-0.3, -0.25) is 13.9 Å². The highest BCUT2D eigenvalue weighted by atomic mass is 32.1. The van der Waals surface area contributed by atoms with Crippen LogP contribution in [-0.2, 0) is 11.3 Å². The monoisotopic (exact) mass is 417 g/mol. The Morgan fingerprint density at radius 3 is 2.55 bits per heavy atom. The van der Waals surface area contributed by atoms with E-state index in [1.807, 2.05) is 30.3 Å². The van der Waals surface area contributed by atoms with E-state index >= 15 is 0 Å². The minimum Gasteiger partial charge on any atom is -0.394 e. The molecule has 3 heterocycles. The lowest BCUT2D eigenvalue weighted by Gasteiger charge is -2.18. The number of hydrogen-bond donors (Lipinski definition) is 3. The summed E-state index contributed by atoms with van der Waals surface area (Å²) in [5, 5.41) is 29.9. The molecule has 9 nitrogen and oxygen atoms in total. The molecule has 0 aliphatic carbocycles. The van der Waals surface area contributed by atoms with Crippen LogP contribution in [0.4, 0.5) is 0 Å². The molecule has 29 heavy (non-hydrogen) atoms. The molecule has 152 valence electrons. The maximum Gasteiger partial charge on any atom is 0.333 e. The van der Waals surface area contributed by atoms with Crippen LogP contribution in [0.2, 0.25) is 0 Å². The first kappa shape index (κ1) is 19.7. The van der Waals surface area contributed by atoms with Crippen LogP contribution in [0.15, 0.2) is 58.4 Å². The fourth-order valence-corrected chi connectivity index (χ4v) is 4.15. The van der Waals surface area contributed by atoms with Crippen LogP contribution in [0.25, 0.3) is 10.4 Å². The van der Waals surface area contributed by atoms with Crippen LogP contribution in [0, 0.1) is 0 Å². The second-order valence-corrected chi connectivity index (χ2v) is 7.76. The molecule has 1 aromatic carbocycles. The van der Waals surface area contributed by atoms with Crippen LogP contribution in [0.3, 0.4) is 0 Å². The molecule has 4 rings (SSSR count). The van der Waals surface area contributed by atoms with E-state index in [1.165, 1.54) is 23.6 Å². The number of aliphatic hydroxyl groups is 3. The van der Waals surface area contributed by atoms with E-state index in [4.69, 9.17) is 4.74 Å². The molecule has 1 aliphatic rings. The van der Waals surface area contributed by atoms with Crippen LogP contribution in [-0.4, -0.2) is 54.4 Å². The van der Waals surface area contributed by atoms with Crippen LogP contribution < -0.4 is 11.2 Å². The Balaban J connectivity index is 1.64. The van der Waals surface area contributed by atoms with Gasteiger partial charge in [0.1, 0.15) is 23.3 Å². The molecule has 0 spiro atoms. The van der Waals surface area contributed by atoms with Crippen molar-refractivity contribution in [2.75, 3.05) is 6.61 Å². The Bertz CT molecular complexity index is 1110. The molecular formula is C19H19N3O6S. The molecule has 2 aromatic heterocycles. The number of aliphatic hydroxyl groups excluding tert-OH is 3. The van der Waals surface area contributed by atoms with E-state index in [0.717, 1.165) is 19.6 Å². The number of ether oxygens (including phenoxy) is 1. The van der Waals surface area contributed by atoms with E-state index < -0.39 is 42.4 Å². The maximum absolute atomic E-state index is 12.9. The topological polar surface area (TPSA) is 127 Å². The van der Waals surface area contributed by atoms with Crippen LogP contribution >= 0.6 is 11.3 Å². The molecule has 1 unspecified atom stereocenters. The third-order valence-electron chi connectivity index (χ3n) is 4.79. The van der Waals surface area contributed by atoms with Crippen molar-refractivity contribution in [3.05, 3.63) is 74.6 Å². The van der Waals surface area contributed by atoms with Gasteiger partial charge >= 0.3 is 5.69 Å². The summed E-state index contributed by atoms with van der Waals surface area (Å²) in [6.45, 7) is -0.546. The van der Waals surface area contributed by atoms with E-state index in [0.29, 0.717) is 5.01 Å². The largest absolute Gasteiger partial charge is 0.394 e. The van der Waals surface area contributed by atoms with Crippen molar-refractivity contribution in [2.24, 2.45) is 0 Å². The molecule has 0 amide bonds. The van der Waals surface area contributed by atoms with Gasteiger partial charge in [-0.15, -0.1) is 11.3 Å². The van der Waals surface area contributed by atoms with Crippen molar-refractivity contribution in [1.29, 1.82) is 0 Å². The van der Waals surface area contributed by atoms with Crippen LogP contribution in [0.5, 0.6) is 0 Å². The number of rotatable bonds is 5. The third-order valence-corrected chi connectivity index (χ3v) is 5.82. The van der Waals surface area contributed by atoms with Crippen molar-refractivity contribution < 1.29 is 20.1 Å². The Kier molecular flexibility index (Phi) is 5.43. The third kappa shape index (κ3) is 3.68. The fraction of sp³-hybridized carbons (Fsp3) is 0.316. The smallest absolute Gasteiger partial charge is 0.333 e. The van der Waals surface area contributed by atoms with Gasteiger partial charge in [-0.05, 0) is 5.56 Å². The number of nitrogens with zero attached hydrogens (tertiary/aromatic N) is 3. The predicted octanol–water partition coefficient (Wildman–Crippen LogP) is -0.207. The van der Waals surface area contributed by atoms with Crippen molar-refractivity contribution in [2.45, 2.75) is 31.1 Å². The highest BCUT2D eigenvalue weighted by Crippen LogP contribution is 2.28. The lowest BCUT2D eigenvalue weighted by molar-refractivity contribution is -0.0555. The molecule has 0 bridgehead atoms. The van der Waals surface area contributed by atoms with Gasteiger partial charge in [0.05, 0.1) is 18.0 Å². The molecule has 1 fully saturated rings. The van der Waals surface area contributed by atoms with Crippen LogP contribution in [0.1, 0.15) is 11.2 Å². The van der Waals surface area contributed by atoms with Gasteiger partial charge in [-0.2, -0.15) is 0 Å². The first-order valence-corrected chi connectivity index (χ1v) is 9.76. The summed E-state index contributed by atoms with van der Waals surface area (Å²) in [6, 6.07) is 10.8. The fourth-order valence-electron chi connectivity index (χ4n) is 3.23. The first-order valence-electron chi connectivity index (χ1n) is 8.94. The van der Waals surface area contributed by atoms with E-state index in [2.05, 4.69) is 4.98 Å². The number of hydrogen-bond acceptors (Lipinski definition) is 8. The summed E-state index contributed by atoms with van der Waals surface area (Å²) < 4.78 is 7.42. The van der Waals surface area contributed by atoms with Crippen molar-refractivity contribution in [3.8, 4) is 10.4 Å². The number of thiazole rings is 1. The van der Waals surface area contributed by atoms with Gasteiger partial charge in [-0.25, -0.2) is 9.78 Å². The minimum absolute atomic E-state index is 0.0369. The lowest BCUT2D eigenvalue weighted by atomic mass is 10.1. The summed E-state index contributed by atoms with van der Waals surface area (Å²) in [4.78, 5) is 30.4. The number of benzene rings is 1. The molecular weight excluding hydrogens is 398 g/mol. The summed E-state index contributed by atoms with van der Waals surface area (Å²) in [5.74, 6) is 0. The van der Waals surface area contributed by atoms with Gasteiger partial charge in [0.2, 0.25) is 0 Å². The summed E-state index contributed by atoms with van der Waals surface area (Å²) in [6.07, 6.45) is -2.09. The Morgan fingerprint density at radius 1 is 1.10 bits per heavy atom. The quantitative estimate of drug-likeness (QED) is 0.524. The normalized spacial score (nSPS) is 24.1. The van der Waals surface area contributed by atoms with Gasteiger partial charge in [-0.1, -0.05) is 30.3 Å². The zero-order valence-electron chi connectivity index (χ0n) is 15.2. The lowest BCUT2D eigenvalue weighted by Crippen LogP contribution is -2.43. The Morgan fingerprint density at radius 2 is 1.86 bits per heavy atom. The second-order valence-electron chi connectivity index (χ2n) is 6.64. The summed E-state index contributed by atoms with van der Waals surface area (Å²) in [7, 11) is 0. The zero-order chi connectivity index (χ0) is 20.5. The standard InChI is InChI=1S/C19H19N3O6S/c23-10-12-16(25)17(26)18(28-12)21-7-6-15(24)22(19(21)27)9-14-20-8-13(29-14)11-4-2-1-3-5-11/h1-8,12,16-18,23,25-26H,9-10H2/t12-,16?,17+,18-/m1/s1.